The number of ketones is 1. The molecule has 0 bridgehead atoms. The van der Waals surface area contributed by atoms with Crippen molar-refractivity contribution >= 4 is 34.3 Å². The number of esters is 1. The van der Waals surface area contributed by atoms with Gasteiger partial charge in [0.1, 0.15) is 11.6 Å². The van der Waals surface area contributed by atoms with E-state index in [0.29, 0.717) is 22.9 Å². The van der Waals surface area contributed by atoms with Crippen molar-refractivity contribution in [3.05, 3.63) is 87.7 Å². The minimum atomic E-state index is -0.622. The molecule has 2 N–H and O–H groups in total. The zero-order chi connectivity index (χ0) is 24.2. The van der Waals surface area contributed by atoms with E-state index < -0.39 is 18.4 Å². The molecule has 0 atom stereocenters. The van der Waals surface area contributed by atoms with E-state index in [0.717, 1.165) is 35.2 Å². The molecule has 0 radical (unpaired) electrons. The number of nitriles is 1. The summed E-state index contributed by atoms with van der Waals surface area (Å²) in [6, 6.07) is 17.5. The zero-order valence-electron chi connectivity index (χ0n) is 19.2. The number of Topliss-reactive ketones (excluding diaryl/α,β-unsaturated/α-hetero) is 1. The van der Waals surface area contributed by atoms with Gasteiger partial charge in [-0.15, -0.1) is 0 Å². The van der Waals surface area contributed by atoms with Crippen LogP contribution in [0.4, 0.5) is 0 Å². The summed E-state index contributed by atoms with van der Waals surface area (Å²) >= 11 is 0. The van der Waals surface area contributed by atoms with Crippen molar-refractivity contribution in [3.8, 4) is 6.07 Å². The second-order valence-electron chi connectivity index (χ2n) is 8.43. The molecule has 1 aliphatic rings. The molecule has 170 valence electrons. The second-order valence-corrected chi connectivity index (χ2v) is 8.43. The standard InChI is InChI=1S/C28H25N3O3/c1-17-10-12-19(13-11-17)14-20-6-5-8-22-26(21-7-3-4-9-24(21)31-27(20)22)28(33)34-16-25(32)23(15-29)18(2)30/h3-4,7,9-14H,5-6,8,16,30H2,1-2H3/b20-14+,23-18+. The molecule has 34 heavy (non-hydrogen) atoms. The number of aromatic nitrogens is 1. The van der Waals surface area contributed by atoms with Gasteiger partial charge in [0.15, 0.2) is 6.61 Å². The Hall–Kier alpha value is -4.24. The van der Waals surface area contributed by atoms with Gasteiger partial charge >= 0.3 is 5.97 Å². The van der Waals surface area contributed by atoms with E-state index in [4.69, 9.17) is 20.7 Å². The zero-order valence-corrected chi connectivity index (χ0v) is 19.2. The predicted octanol–water partition coefficient (Wildman–Crippen LogP) is 4.90. The summed E-state index contributed by atoms with van der Waals surface area (Å²) in [4.78, 5) is 30.5. The Kier molecular flexibility index (Phi) is 6.55. The number of aryl methyl sites for hydroxylation is 1. The van der Waals surface area contributed by atoms with Crippen molar-refractivity contribution in [1.29, 1.82) is 5.26 Å². The molecular formula is C28H25N3O3. The van der Waals surface area contributed by atoms with Gasteiger partial charge in [0, 0.05) is 11.1 Å². The van der Waals surface area contributed by atoms with Gasteiger partial charge in [-0.05, 0) is 62.0 Å². The van der Waals surface area contributed by atoms with E-state index in [9.17, 15) is 9.59 Å². The van der Waals surface area contributed by atoms with Crippen LogP contribution in [0.5, 0.6) is 0 Å². The fourth-order valence-corrected chi connectivity index (χ4v) is 4.22. The summed E-state index contributed by atoms with van der Waals surface area (Å²) in [6.45, 7) is 2.97. The molecule has 0 saturated carbocycles. The molecule has 0 amide bonds. The fourth-order valence-electron chi connectivity index (χ4n) is 4.22. The summed E-state index contributed by atoms with van der Waals surface area (Å²) in [5.74, 6) is -1.23. The van der Waals surface area contributed by atoms with E-state index >= 15 is 0 Å². The van der Waals surface area contributed by atoms with Crippen molar-refractivity contribution in [2.24, 2.45) is 5.73 Å². The van der Waals surface area contributed by atoms with Crippen molar-refractivity contribution in [3.63, 3.8) is 0 Å². The molecule has 0 unspecified atom stereocenters. The van der Waals surface area contributed by atoms with Gasteiger partial charge < -0.3 is 10.5 Å². The average molecular weight is 452 g/mol. The number of carbonyl (C=O) groups excluding carboxylic acids is 2. The predicted molar refractivity (Wildman–Crippen MR) is 132 cm³/mol. The summed E-state index contributed by atoms with van der Waals surface area (Å²) in [6.07, 6.45) is 4.52. The fraction of sp³-hybridized carbons (Fsp3) is 0.214. The number of fused-ring (bicyclic) bond motifs is 2. The Balaban J connectivity index is 1.76. The molecule has 6 nitrogen and oxygen atoms in total. The Labute approximate surface area is 198 Å². The molecule has 0 spiro atoms. The Bertz CT molecular complexity index is 1390. The van der Waals surface area contributed by atoms with Crippen LogP contribution in [-0.2, 0) is 16.0 Å². The smallest absolute Gasteiger partial charge is 0.339 e. The van der Waals surface area contributed by atoms with E-state index in [1.165, 1.54) is 12.5 Å². The Morgan fingerprint density at radius 3 is 2.59 bits per heavy atom. The SMILES string of the molecule is C/C(N)=C(/C#N)C(=O)COC(=O)c1c2c(nc3ccccc13)/C(=C/c1ccc(C)cc1)CCC2. The lowest BCUT2D eigenvalue weighted by Gasteiger charge is -2.22. The minimum absolute atomic E-state index is 0.0983. The van der Waals surface area contributed by atoms with Crippen LogP contribution in [0, 0.1) is 18.3 Å². The van der Waals surface area contributed by atoms with Crippen LogP contribution < -0.4 is 5.73 Å². The number of carbonyl (C=O) groups is 2. The van der Waals surface area contributed by atoms with Crippen LogP contribution in [0.2, 0.25) is 0 Å². The van der Waals surface area contributed by atoms with Crippen LogP contribution in [0.3, 0.4) is 0 Å². The molecule has 0 fully saturated rings. The lowest BCUT2D eigenvalue weighted by Crippen LogP contribution is -2.20. The van der Waals surface area contributed by atoms with E-state index in [2.05, 4.69) is 30.3 Å². The molecule has 3 aromatic rings. The molecule has 2 aromatic carbocycles. The van der Waals surface area contributed by atoms with Gasteiger partial charge in [0.25, 0.3) is 0 Å². The largest absolute Gasteiger partial charge is 0.454 e. The number of pyridine rings is 1. The maximum absolute atomic E-state index is 13.3. The molecule has 0 saturated heterocycles. The summed E-state index contributed by atoms with van der Waals surface area (Å²) in [5, 5.41) is 9.83. The lowest BCUT2D eigenvalue weighted by molar-refractivity contribution is -0.118. The first-order valence-electron chi connectivity index (χ1n) is 11.1. The van der Waals surface area contributed by atoms with Gasteiger partial charge in [-0.25, -0.2) is 9.78 Å². The molecule has 1 aromatic heterocycles. The van der Waals surface area contributed by atoms with Crippen molar-refractivity contribution in [1.82, 2.24) is 4.98 Å². The van der Waals surface area contributed by atoms with Crippen molar-refractivity contribution in [2.45, 2.75) is 33.1 Å². The monoisotopic (exact) mass is 451 g/mol. The Morgan fingerprint density at radius 1 is 1.15 bits per heavy atom. The highest BCUT2D eigenvalue weighted by Gasteiger charge is 2.26. The third kappa shape index (κ3) is 4.60. The van der Waals surface area contributed by atoms with Crippen LogP contribution in [0.25, 0.3) is 22.6 Å². The molecule has 0 aliphatic heterocycles. The van der Waals surface area contributed by atoms with E-state index in [1.807, 2.05) is 31.2 Å². The van der Waals surface area contributed by atoms with Crippen molar-refractivity contribution in [2.75, 3.05) is 6.61 Å². The first-order chi connectivity index (χ1) is 16.4. The normalized spacial score (nSPS) is 14.8. The maximum atomic E-state index is 13.3. The maximum Gasteiger partial charge on any atom is 0.339 e. The number of allylic oxidation sites excluding steroid dienone is 2. The molecule has 1 aliphatic carbocycles. The highest BCUT2D eigenvalue weighted by Crippen LogP contribution is 2.36. The third-order valence-electron chi connectivity index (χ3n) is 5.91. The quantitative estimate of drug-likeness (QED) is 0.336. The van der Waals surface area contributed by atoms with Gasteiger partial charge in [0.05, 0.1) is 16.8 Å². The Morgan fingerprint density at radius 2 is 1.88 bits per heavy atom. The van der Waals surface area contributed by atoms with Crippen LogP contribution in [-0.4, -0.2) is 23.3 Å². The van der Waals surface area contributed by atoms with Gasteiger partial charge in [-0.3, -0.25) is 4.79 Å². The highest BCUT2D eigenvalue weighted by molar-refractivity contribution is 6.08. The summed E-state index contributed by atoms with van der Waals surface area (Å²) in [5.41, 5.74) is 11.6. The van der Waals surface area contributed by atoms with E-state index in [1.54, 1.807) is 6.07 Å². The minimum Gasteiger partial charge on any atom is -0.454 e. The number of nitrogens with zero attached hydrogens (tertiary/aromatic N) is 2. The third-order valence-corrected chi connectivity index (χ3v) is 5.91. The number of benzene rings is 2. The van der Waals surface area contributed by atoms with E-state index in [-0.39, 0.29) is 11.3 Å². The van der Waals surface area contributed by atoms with Crippen LogP contribution in [0.15, 0.2) is 59.8 Å². The molecule has 6 heteroatoms. The second kappa shape index (κ2) is 9.72. The molecule has 4 rings (SSSR count). The topological polar surface area (TPSA) is 106 Å². The number of para-hydroxylation sites is 1. The number of ether oxygens (including phenoxy) is 1. The summed E-state index contributed by atoms with van der Waals surface area (Å²) < 4.78 is 5.39. The number of nitrogens with two attached hydrogens (primary N) is 1. The van der Waals surface area contributed by atoms with Gasteiger partial charge in [-0.2, -0.15) is 5.26 Å². The lowest BCUT2D eigenvalue weighted by atomic mass is 9.86. The number of hydrogen-bond acceptors (Lipinski definition) is 6. The van der Waals surface area contributed by atoms with Crippen molar-refractivity contribution < 1.29 is 14.3 Å². The summed E-state index contributed by atoms with van der Waals surface area (Å²) in [7, 11) is 0. The van der Waals surface area contributed by atoms with Gasteiger partial charge in [-0.1, -0.05) is 48.0 Å². The van der Waals surface area contributed by atoms with Crippen LogP contribution in [0.1, 0.15) is 52.5 Å². The number of hydrogen-bond donors (Lipinski definition) is 1. The molecular weight excluding hydrogens is 426 g/mol. The first-order valence-corrected chi connectivity index (χ1v) is 11.1. The highest BCUT2D eigenvalue weighted by atomic mass is 16.5. The van der Waals surface area contributed by atoms with Crippen LogP contribution >= 0.6 is 0 Å². The number of rotatable bonds is 5. The average Bonchev–Trinajstić information content (AvgIpc) is 2.83. The van der Waals surface area contributed by atoms with Gasteiger partial charge in [0.2, 0.25) is 5.78 Å². The molecule has 1 heterocycles. The first kappa shape index (κ1) is 22.9.